The minimum Gasteiger partial charge on any atom is -1.00 e. The van der Waals surface area contributed by atoms with Gasteiger partial charge in [0.1, 0.15) is 6.33 Å². The number of halogens is 1. The van der Waals surface area contributed by atoms with E-state index in [-0.39, 0.29) is 12.4 Å². The Balaban J connectivity index is 0.00000144. The van der Waals surface area contributed by atoms with E-state index in [1.54, 1.807) is 7.11 Å². The number of hydrogen-bond acceptors (Lipinski definition) is 3. The van der Waals surface area contributed by atoms with E-state index < -0.39 is 0 Å². The molecule has 5 heteroatoms. The second-order valence-electron chi connectivity index (χ2n) is 3.43. The number of aromatic nitrogens is 2. The van der Waals surface area contributed by atoms with Crippen LogP contribution in [0, 0.1) is 0 Å². The summed E-state index contributed by atoms with van der Waals surface area (Å²) in [5.41, 5.74) is 0. The van der Waals surface area contributed by atoms with Crippen LogP contribution in [0.1, 0.15) is 0 Å². The van der Waals surface area contributed by atoms with Crippen LogP contribution in [0.2, 0.25) is 0 Å². The molecule has 1 aromatic rings. The van der Waals surface area contributed by atoms with Crippen molar-refractivity contribution in [2.75, 3.05) is 28.3 Å². The molecule has 1 heterocycles. The average Bonchev–Trinajstić information content (AvgIpc) is 2.03. The first-order chi connectivity index (χ1) is 5.54. The van der Waals surface area contributed by atoms with Gasteiger partial charge in [0.25, 0.3) is 0 Å². The van der Waals surface area contributed by atoms with Gasteiger partial charge in [0.2, 0.25) is 11.7 Å². The van der Waals surface area contributed by atoms with E-state index in [2.05, 4.69) is 9.97 Å². The standard InChI is InChI=1S/C8H14N3O.ClH/c1-11(2,3)7-5-8(12-4)10-6-9-7;/h5-6H,1-4H3;1H/q+1;/p-1. The number of hydrogen-bond donors (Lipinski definition) is 0. The van der Waals surface area contributed by atoms with Crippen molar-refractivity contribution in [2.24, 2.45) is 0 Å². The smallest absolute Gasteiger partial charge is 0.233 e. The van der Waals surface area contributed by atoms with Crippen molar-refractivity contribution < 1.29 is 17.1 Å². The Morgan fingerprint density at radius 3 is 2.31 bits per heavy atom. The van der Waals surface area contributed by atoms with Gasteiger partial charge in [0.15, 0.2) is 0 Å². The van der Waals surface area contributed by atoms with Gasteiger partial charge in [-0.15, -0.1) is 0 Å². The highest BCUT2D eigenvalue weighted by atomic mass is 35.5. The van der Waals surface area contributed by atoms with Crippen LogP contribution in [0.25, 0.3) is 0 Å². The first-order valence-electron chi connectivity index (χ1n) is 3.72. The van der Waals surface area contributed by atoms with Crippen LogP contribution in [0.4, 0.5) is 5.82 Å². The van der Waals surface area contributed by atoms with Gasteiger partial charge in [0, 0.05) is 0 Å². The van der Waals surface area contributed by atoms with E-state index in [0.717, 1.165) is 5.82 Å². The molecule has 0 aliphatic rings. The number of quaternary nitrogens is 1. The van der Waals surface area contributed by atoms with Gasteiger partial charge in [-0.3, -0.25) is 4.48 Å². The second-order valence-corrected chi connectivity index (χ2v) is 3.43. The van der Waals surface area contributed by atoms with Gasteiger partial charge in [-0.25, -0.2) is 4.98 Å². The number of nitrogens with zero attached hydrogens (tertiary/aromatic N) is 3. The Morgan fingerprint density at radius 1 is 1.23 bits per heavy atom. The minimum atomic E-state index is 0. The maximum absolute atomic E-state index is 4.99. The van der Waals surface area contributed by atoms with Crippen molar-refractivity contribution in [1.82, 2.24) is 14.5 Å². The summed E-state index contributed by atoms with van der Waals surface area (Å²) < 4.78 is 5.65. The van der Waals surface area contributed by atoms with Gasteiger partial charge < -0.3 is 17.1 Å². The molecule has 4 nitrogen and oxygen atoms in total. The van der Waals surface area contributed by atoms with Crippen LogP contribution < -0.4 is 21.6 Å². The van der Waals surface area contributed by atoms with Crippen LogP contribution in [-0.2, 0) is 0 Å². The van der Waals surface area contributed by atoms with Gasteiger partial charge in [-0.1, -0.05) is 0 Å². The molecule has 1 rings (SSSR count). The third-order valence-electron chi connectivity index (χ3n) is 1.52. The van der Waals surface area contributed by atoms with Crippen LogP contribution in [0.3, 0.4) is 0 Å². The predicted octanol–water partition coefficient (Wildman–Crippen LogP) is -2.31. The van der Waals surface area contributed by atoms with Crippen molar-refractivity contribution in [1.29, 1.82) is 0 Å². The SMILES string of the molecule is COc1cc([N+](C)(C)C)ncn1.[Cl-]. The summed E-state index contributed by atoms with van der Waals surface area (Å²) in [6.45, 7) is 0. The fraction of sp³-hybridized carbons (Fsp3) is 0.500. The first kappa shape index (κ1) is 12.1. The molecule has 0 saturated carbocycles. The van der Waals surface area contributed by atoms with Gasteiger partial charge in [-0.05, 0) is 0 Å². The summed E-state index contributed by atoms with van der Waals surface area (Å²) in [5, 5.41) is 0. The Hall–Kier alpha value is -0.870. The fourth-order valence-corrected chi connectivity index (χ4v) is 0.808. The highest BCUT2D eigenvalue weighted by molar-refractivity contribution is 5.34. The van der Waals surface area contributed by atoms with Crippen molar-refractivity contribution >= 4 is 5.82 Å². The van der Waals surface area contributed by atoms with Crippen LogP contribution >= 0.6 is 0 Å². The zero-order chi connectivity index (χ0) is 9.19. The summed E-state index contributed by atoms with van der Waals surface area (Å²) in [7, 11) is 7.73. The van der Waals surface area contributed by atoms with Crippen molar-refractivity contribution in [3.05, 3.63) is 12.4 Å². The molecule has 0 amide bonds. The molecule has 0 saturated heterocycles. The van der Waals surface area contributed by atoms with E-state index in [4.69, 9.17) is 4.74 Å². The summed E-state index contributed by atoms with van der Waals surface area (Å²) in [5.74, 6) is 1.54. The maximum Gasteiger partial charge on any atom is 0.233 e. The van der Waals surface area contributed by atoms with Crippen LogP contribution in [0.15, 0.2) is 12.4 Å². The van der Waals surface area contributed by atoms with E-state index in [9.17, 15) is 0 Å². The average molecular weight is 204 g/mol. The van der Waals surface area contributed by atoms with Gasteiger partial charge >= 0.3 is 0 Å². The Morgan fingerprint density at radius 2 is 1.85 bits per heavy atom. The first-order valence-corrected chi connectivity index (χ1v) is 3.72. The number of methoxy groups -OCH3 is 1. The van der Waals surface area contributed by atoms with Crippen molar-refractivity contribution in [2.45, 2.75) is 0 Å². The van der Waals surface area contributed by atoms with E-state index in [1.807, 2.05) is 27.2 Å². The molecule has 0 spiro atoms. The molecule has 13 heavy (non-hydrogen) atoms. The lowest BCUT2D eigenvalue weighted by molar-refractivity contribution is -0.00000332. The fourth-order valence-electron chi connectivity index (χ4n) is 0.808. The summed E-state index contributed by atoms with van der Waals surface area (Å²) >= 11 is 0. The summed E-state index contributed by atoms with van der Waals surface area (Å²) in [6.07, 6.45) is 1.51. The highest BCUT2D eigenvalue weighted by Crippen LogP contribution is 2.16. The molecule has 0 fully saturated rings. The molecule has 0 N–H and O–H groups in total. The zero-order valence-electron chi connectivity index (χ0n) is 8.28. The molecular weight excluding hydrogens is 190 g/mol. The third kappa shape index (κ3) is 3.16. The molecular formula is C8H14ClN3O. The predicted molar refractivity (Wildman–Crippen MR) is 48.2 cm³/mol. The summed E-state index contributed by atoms with van der Waals surface area (Å²) in [6, 6.07) is 1.83. The topological polar surface area (TPSA) is 35.0 Å². The van der Waals surface area contributed by atoms with Crippen LogP contribution in [0.5, 0.6) is 5.88 Å². The molecule has 0 atom stereocenters. The Labute approximate surface area is 84.6 Å². The molecule has 0 radical (unpaired) electrons. The Kier molecular flexibility index (Phi) is 4.10. The monoisotopic (exact) mass is 203 g/mol. The van der Waals surface area contributed by atoms with E-state index in [0.29, 0.717) is 10.4 Å². The maximum atomic E-state index is 4.99. The zero-order valence-corrected chi connectivity index (χ0v) is 9.04. The normalized spacial score (nSPS) is 10.5. The largest absolute Gasteiger partial charge is 1.00 e. The number of rotatable bonds is 2. The lowest BCUT2D eigenvalue weighted by Crippen LogP contribution is -3.00. The quantitative estimate of drug-likeness (QED) is 0.507. The molecule has 0 aliphatic carbocycles. The molecule has 0 aromatic carbocycles. The van der Waals surface area contributed by atoms with Crippen molar-refractivity contribution in [3.8, 4) is 5.88 Å². The summed E-state index contributed by atoms with van der Waals surface area (Å²) in [4.78, 5) is 8.07. The molecule has 74 valence electrons. The van der Waals surface area contributed by atoms with E-state index >= 15 is 0 Å². The van der Waals surface area contributed by atoms with E-state index in [1.165, 1.54) is 6.33 Å². The highest BCUT2D eigenvalue weighted by Gasteiger charge is 2.14. The molecule has 0 aliphatic heterocycles. The third-order valence-corrected chi connectivity index (χ3v) is 1.52. The molecule has 0 bridgehead atoms. The second kappa shape index (κ2) is 4.39. The lowest BCUT2D eigenvalue weighted by atomic mass is 10.5. The van der Waals surface area contributed by atoms with Crippen molar-refractivity contribution in [3.63, 3.8) is 0 Å². The number of ether oxygens (including phenoxy) is 1. The lowest BCUT2D eigenvalue weighted by Gasteiger charge is -2.21. The Bertz CT molecular complexity index is 272. The van der Waals surface area contributed by atoms with Gasteiger partial charge in [0.05, 0.1) is 34.3 Å². The molecule has 1 aromatic heterocycles. The van der Waals surface area contributed by atoms with Gasteiger partial charge in [-0.2, -0.15) is 4.98 Å². The van der Waals surface area contributed by atoms with Crippen LogP contribution in [-0.4, -0.2) is 38.2 Å². The minimum absolute atomic E-state index is 0. The molecule has 0 unspecified atom stereocenters.